The molecular weight excluding hydrogens is 178 g/mol. The van der Waals surface area contributed by atoms with E-state index in [0.29, 0.717) is 19.0 Å². The van der Waals surface area contributed by atoms with Crippen LogP contribution in [0.4, 0.5) is 5.82 Å². The van der Waals surface area contributed by atoms with E-state index in [4.69, 9.17) is 4.74 Å². The van der Waals surface area contributed by atoms with E-state index in [1.807, 2.05) is 0 Å². The van der Waals surface area contributed by atoms with Gasteiger partial charge in [0.2, 0.25) is 5.88 Å². The lowest BCUT2D eigenvalue weighted by Crippen LogP contribution is -2.02. The van der Waals surface area contributed by atoms with E-state index in [1.54, 1.807) is 12.1 Å². The lowest BCUT2D eigenvalue weighted by atomic mass is 10.5. The quantitative estimate of drug-likeness (QED) is 0.700. The predicted octanol–water partition coefficient (Wildman–Crippen LogP) is 1.86. The van der Waals surface area contributed by atoms with Gasteiger partial charge in [-0.3, -0.25) is 0 Å². The Kier molecular flexibility index (Phi) is 4.47. The molecule has 76 valence electrons. The summed E-state index contributed by atoms with van der Waals surface area (Å²) in [6.45, 7) is 7.03. The first-order valence-corrected chi connectivity index (χ1v) is 4.66. The molecule has 1 aromatic rings. The lowest BCUT2D eigenvalue weighted by Gasteiger charge is -2.05. The molecule has 0 atom stereocenters. The predicted molar refractivity (Wildman–Crippen MR) is 56.5 cm³/mol. The fourth-order valence-electron chi connectivity index (χ4n) is 0.898. The number of aromatic nitrogens is 2. The highest BCUT2D eigenvalue weighted by atomic mass is 16.5. The Bertz CT molecular complexity index is 288. The highest BCUT2D eigenvalue weighted by Crippen LogP contribution is 2.10. The number of hydrogen-bond acceptors (Lipinski definition) is 4. The van der Waals surface area contributed by atoms with Crippen molar-refractivity contribution in [3.8, 4) is 5.88 Å². The maximum atomic E-state index is 5.36. The van der Waals surface area contributed by atoms with Crippen molar-refractivity contribution in [3.05, 3.63) is 25.0 Å². The van der Waals surface area contributed by atoms with Gasteiger partial charge in [0.05, 0.1) is 6.61 Å². The molecule has 1 heterocycles. The van der Waals surface area contributed by atoms with Gasteiger partial charge in [-0.25, -0.2) is 9.97 Å². The van der Waals surface area contributed by atoms with E-state index in [-0.39, 0.29) is 0 Å². The van der Waals surface area contributed by atoms with Crippen LogP contribution in [0.3, 0.4) is 0 Å². The Hall–Kier alpha value is -1.58. The lowest BCUT2D eigenvalue weighted by molar-refractivity contribution is 0.305. The van der Waals surface area contributed by atoms with Gasteiger partial charge in [0.25, 0.3) is 0 Å². The maximum absolute atomic E-state index is 5.36. The van der Waals surface area contributed by atoms with Crippen molar-refractivity contribution in [2.75, 3.05) is 18.5 Å². The van der Waals surface area contributed by atoms with E-state index >= 15 is 0 Å². The van der Waals surface area contributed by atoms with Crippen LogP contribution in [-0.2, 0) is 0 Å². The summed E-state index contributed by atoms with van der Waals surface area (Å²) < 4.78 is 5.36. The van der Waals surface area contributed by atoms with Crippen molar-refractivity contribution in [1.82, 2.24) is 9.97 Å². The van der Waals surface area contributed by atoms with Gasteiger partial charge < -0.3 is 10.1 Å². The zero-order valence-electron chi connectivity index (χ0n) is 8.36. The smallest absolute Gasteiger partial charge is 0.218 e. The second-order valence-corrected chi connectivity index (χ2v) is 2.76. The molecule has 0 aromatic carbocycles. The first-order valence-electron chi connectivity index (χ1n) is 4.66. The third-order valence-electron chi connectivity index (χ3n) is 1.52. The van der Waals surface area contributed by atoms with Crippen molar-refractivity contribution in [2.24, 2.45) is 0 Å². The Balaban J connectivity index is 2.54. The summed E-state index contributed by atoms with van der Waals surface area (Å²) in [7, 11) is 0. The monoisotopic (exact) mass is 193 g/mol. The summed E-state index contributed by atoms with van der Waals surface area (Å²) in [6.07, 6.45) is 4.23. The van der Waals surface area contributed by atoms with E-state index in [2.05, 4.69) is 28.8 Å². The van der Waals surface area contributed by atoms with E-state index in [9.17, 15) is 0 Å². The van der Waals surface area contributed by atoms with Crippen molar-refractivity contribution < 1.29 is 4.74 Å². The molecule has 4 heteroatoms. The van der Waals surface area contributed by atoms with Crippen LogP contribution < -0.4 is 10.1 Å². The third-order valence-corrected chi connectivity index (χ3v) is 1.52. The summed E-state index contributed by atoms with van der Waals surface area (Å²) in [5, 5.41) is 3.06. The highest BCUT2D eigenvalue weighted by Gasteiger charge is 1.97. The number of nitrogens with one attached hydrogen (secondary N) is 1. The average molecular weight is 193 g/mol. The zero-order valence-corrected chi connectivity index (χ0v) is 8.36. The van der Waals surface area contributed by atoms with Crippen LogP contribution in [-0.4, -0.2) is 23.1 Å². The molecular formula is C10H15N3O. The summed E-state index contributed by atoms with van der Waals surface area (Å²) in [5.41, 5.74) is 0. The molecule has 0 radical (unpaired) electrons. The van der Waals surface area contributed by atoms with Crippen LogP contribution in [0.25, 0.3) is 0 Å². The number of hydrogen-bond donors (Lipinski definition) is 1. The van der Waals surface area contributed by atoms with Crippen LogP contribution in [0, 0.1) is 0 Å². The van der Waals surface area contributed by atoms with Crippen molar-refractivity contribution in [1.29, 1.82) is 0 Å². The highest BCUT2D eigenvalue weighted by molar-refractivity contribution is 5.37. The fourth-order valence-corrected chi connectivity index (χ4v) is 0.898. The summed E-state index contributed by atoms with van der Waals surface area (Å²) in [5.74, 6) is 1.36. The van der Waals surface area contributed by atoms with Crippen molar-refractivity contribution >= 4 is 5.82 Å². The van der Waals surface area contributed by atoms with Gasteiger partial charge in [-0.05, 0) is 6.42 Å². The Morgan fingerprint density at radius 3 is 3.14 bits per heavy atom. The molecule has 0 saturated carbocycles. The molecule has 0 amide bonds. The molecule has 14 heavy (non-hydrogen) atoms. The summed E-state index contributed by atoms with van der Waals surface area (Å²) >= 11 is 0. The maximum Gasteiger partial charge on any atom is 0.218 e. The number of rotatable bonds is 6. The van der Waals surface area contributed by atoms with E-state index in [1.165, 1.54) is 6.33 Å². The molecule has 0 aliphatic rings. The van der Waals surface area contributed by atoms with Crippen LogP contribution in [0.1, 0.15) is 13.3 Å². The van der Waals surface area contributed by atoms with Crippen LogP contribution >= 0.6 is 0 Å². The molecule has 0 aliphatic carbocycles. The van der Waals surface area contributed by atoms with Crippen molar-refractivity contribution in [2.45, 2.75) is 13.3 Å². The first-order chi connectivity index (χ1) is 6.86. The standard InChI is InChI=1S/C10H15N3O/c1-3-5-11-9-7-10(13-8-12-9)14-6-4-2/h3,7-8H,1,4-6H2,2H3,(H,11,12,13). The molecule has 0 unspecified atom stereocenters. The molecule has 0 fully saturated rings. The minimum Gasteiger partial charge on any atom is -0.478 e. The average Bonchev–Trinajstić information content (AvgIpc) is 2.24. The normalized spacial score (nSPS) is 9.50. The molecule has 0 bridgehead atoms. The summed E-state index contributed by atoms with van der Waals surface area (Å²) in [4.78, 5) is 8.02. The van der Waals surface area contributed by atoms with Gasteiger partial charge in [0, 0.05) is 12.6 Å². The molecule has 4 nitrogen and oxygen atoms in total. The van der Waals surface area contributed by atoms with Crippen molar-refractivity contribution in [3.63, 3.8) is 0 Å². The molecule has 1 aromatic heterocycles. The van der Waals surface area contributed by atoms with Gasteiger partial charge in [-0.1, -0.05) is 13.0 Å². The van der Waals surface area contributed by atoms with Gasteiger partial charge >= 0.3 is 0 Å². The first kappa shape index (κ1) is 10.5. The minimum absolute atomic E-state index is 0.605. The largest absolute Gasteiger partial charge is 0.478 e. The topological polar surface area (TPSA) is 47.0 Å². The minimum atomic E-state index is 0.605. The van der Waals surface area contributed by atoms with E-state index in [0.717, 1.165) is 12.2 Å². The van der Waals surface area contributed by atoms with Crippen LogP contribution in [0.15, 0.2) is 25.0 Å². The van der Waals surface area contributed by atoms with Gasteiger partial charge in [0.1, 0.15) is 12.1 Å². The third kappa shape index (κ3) is 3.43. The van der Waals surface area contributed by atoms with Crippen LogP contribution in [0.2, 0.25) is 0 Å². The molecule has 0 aliphatic heterocycles. The zero-order chi connectivity index (χ0) is 10.2. The van der Waals surface area contributed by atoms with Gasteiger partial charge in [-0.2, -0.15) is 0 Å². The second kappa shape index (κ2) is 5.96. The Morgan fingerprint density at radius 1 is 1.57 bits per heavy atom. The van der Waals surface area contributed by atoms with E-state index < -0.39 is 0 Å². The SMILES string of the molecule is C=CCNc1cc(OCCC)ncn1. The second-order valence-electron chi connectivity index (χ2n) is 2.76. The van der Waals surface area contributed by atoms with Crippen LogP contribution in [0.5, 0.6) is 5.88 Å². The number of ether oxygens (including phenoxy) is 1. The molecule has 1 N–H and O–H groups in total. The number of anilines is 1. The number of nitrogens with zero attached hydrogens (tertiary/aromatic N) is 2. The molecule has 0 spiro atoms. The van der Waals surface area contributed by atoms with Gasteiger partial charge in [0.15, 0.2) is 0 Å². The summed E-state index contributed by atoms with van der Waals surface area (Å²) in [6, 6.07) is 1.78. The fraction of sp³-hybridized carbons (Fsp3) is 0.400. The molecule has 1 rings (SSSR count). The van der Waals surface area contributed by atoms with Gasteiger partial charge in [-0.15, -0.1) is 6.58 Å². The Morgan fingerprint density at radius 2 is 2.43 bits per heavy atom. The Labute approximate surface area is 84.0 Å². The molecule has 0 saturated heterocycles.